The second kappa shape index (κ2) is 8.82. The molecule has 0 aliphatic heterocycles. The molecular formula is C14H14Y-2. The number of benzene rings is 2. The molecule has 1 radical (unpaired) electrons. The molecule has 0 nitrogen and oxygen atoms in total. The maximum atomic E-state index is 3.10. The van der Waals surface area contributed by atoms with Crippen molar-refractivity contribution in [1.29, 1.82) is 0 Å². The Hall–Kier alpha value is -0.456. The summed E-state index contributed by atoms with van der Waals surface area (Å²) in [6.07, 6.45) is 0. The first-order chi connectivity index (χ1) is 6.79. The van der Waals surface area contributed by atoms with Crippen LogP contribution in [0.3, 0.4) is 0 Å². The van der Waals surface area contributed by atoms with E-state index in [0.29, 0.717) is 0 Å². The van der Waals surface area contributed by atoms with E-state index in [1.165, 1.54) is 11.1 Å². The molecule has 2 aromatic rings. The summed E-state index contributed by atoms with van der Waals surface area (Å²) in [4.78, 5) is 0. The molecule has 0 N–H and O–H groups in total. The van der Waals surface area contributed by atoms with Gasteiger partial charge in [-0.2, -0.15) is 71.8 Å². The minimum Gasteiger partial charge on any atom is -0.184 e. The predicted molar refractivity (Wildman–Crippen MR) is 60.0 cm³/mol. The largest absolute Gasteiger partial charge is 0.184 e. The maximum absolute atomic E-state index is 3.10. The molecule has 2 aromatic carbocycles. The molecule has 15 heavy (non-hydrogen) atoms. The van der Waals surface area contributed by atoms with Gasteiger partial charge in [-0.3, -0.25) is 0 Å². The SMILES string of the molecule is Cc1[c-]cc(C)cc1.[Y].[c-]1ccccc1. The van der Waals surface area contributed by atoms with Crippen molar-refractivity contribution in [3.63, 3.8) is 0 Å². The second-order valence-corrected chi connectivity index (χ2v) is 3.13. The molecule has 0 bridgehead atoms. The summed E-state index contributed by atoms with van der Waals surface area (Å²) in [7, 11) is 0. The Morgan fingerprint density at radius 2 is 1.60 bits per heavy atom. The normalized spacial score (nSPS) is 8.13. The Morgan fingerprint density at radius 3 is 1.87 bits per heavy atom. The summed E-state index contributed by atoms with van der Waals surface area (Å²) in [5.41, 5.74) is 2.48. The molecule has 0 aromatic heterocycles. The van der Waals surface area contributed by atoms with E-state index >= 15 is 0 Å². The van der Waals surface area contributed by atoms with E-state index in [-0.39, 0.29) is 32.7 Å². The van der Waals surface area contributed by atoms with Gasteiger partial charge in [-0.05, 0) is 0 Å². The number of hydrogen-bond donors (Lipinski definition) is 0. The van der Waals surface area contributed by atoms with Gasteiger partial charge in [0.25, 0.3) is 0 Å². The summed E-state index contributed by atoms with van der Waals surface area (Å²) in [5, 5.41) is 0. The average Bonchev–Trinajstić information content (AvgIpc) is 2.26. The first kappa shape index (κ1) is 14.5. The molecule has 0 fully saturated rings. The first-order valence-corrected chi connectivity index (χ1v) is 4.65. The van der Waals surface area contributed by atoms with E-state index in [1.54, 1.807) is 0 Å². The van der Waals surface area contributed by atoms with E-state index in [9.17, 15) is 0 Å². The Kier molecular flexibility index (Phi) is 8.55. The quantitative estimate of drug-likeness (QED) is 0.642. The van der Waals surface area contributed by atoms with Crippen LogP contribution in [0, 0.1) is 26.0 Å². The molecule has 0 heterocycles. The summed E-state index contributed by atoms with van der Waals surface area (Å²) >= 11 is 0. The van der Waals surface area contributed by atoms with Gasteiger partial charge in [0.15, 0.2) is 0 Å². The standard InChI is InChI=1S/C8H9.C6H5.Y/c1-7-3-5-8(2)6-4-7;1-2-4-6-5-3-1;/h3-5H,1-2H3;1-5H;/q2*-1;. The van der Waals surface area contributed by atoms with Crippen molar-refractivity contribution >= 4 is 0 Å². The minimum absolute atomic E-state index is 0. The molecule has 0 saturated carbocycles. The van der Waals surface area contributed by atoms with Crippen LogP contribution < -0.4 is 0 Å². The Labute approximate surface area is 118 Å². The molecule has 0 unspecified atom stereocenters. The van der Waals surface area contributed by atoms with Gasteiger partial charge in [-0.15, -0.1) is 0 Å². The fraction of sp³-hybridized carbons (Fsp3) is 0.143. The molecule has 1 heteroatoms. The van der Waals surface area contributed by atoms with Crippen LogP contribution in [0.5, 0.6) is 0 Å². The van der Waals surface area contributed by atoms with Crippen LogP contribution >= 0.6 is 0 Å². The van der Waals surface area contributed by atoms with E-state index in [1.807, 2.05) is 43.3 Å². The number of hydrogen-bond acceptors (Lipinski definition) is 0. The number of aryl methyl sites for hydroxylation is 2. The Bertz CT molecular complexity index is 290. The number of rotatable bonds is 0. The fourth-order valence-corrected chi connectivity index (χ4v) is 0.922. The maximum Gasteiger partial charge on any atom is 0 e. The van der Waals surface area contributed by atoms with Crippen molar-refractivity contribution < 1.29 is 32.7 Å². The summed E-state index contributed by atoms with van der Waals surface area (Å²) in [5.74, 6) is 0. The van der Waals surface area contributed by atoms with Gasteiger partial charge in [-0.1, -0.05) is 13.8 Å². The third kappa shape index (κ3) is 7.47. The Morgan fingerprint density at radius 1 is 0.933 bits per heavy atom. The van der Waals surface area contributed by atoms with Crippen molar-refractivity contribution in [2.75, 3.05) is 0 Å². The van der Waals surface area contributed by atoms with Crippen LogP contribution in [0.4, 0.5) is 0 Å². The van der Waals surface area contributed by atoms with E-state index in [4.69, 9.17) is 0 Å². The zero-order valence-electron chi connectivity index (χ0n) is 9.20. The fourth-order valence-electron chi connectivity index (χ4n) is 0.922. The van der Waals surface area contributed by atoms with Gasteiger partial charge in [0.1, 0.15) is 0 Å². The molecule has 0 spiro atoms. The van der Waals surface area contributed by atoms with Crippen LogP contribution in [-0.4, -0.2) is 0 Å². The van der Waals surface area contributed by atoms with Crippen LogP contribution in [0.1, 0.15) is 11.1 Å². The van der Waals surface area contributed by atoms with Gasteiger partial charge < -0.3 is 0 Å². The minimum atomic E-state index is 0. The van der Waals surface area contributed by atoms with Gasteiger partial charge >= 0.3 is 0 Å². The molecule has 2 rings (SSSR count). The summed E-state index contributed by atoms with van der Waals surface area (Å²) < 4.78 is 0. The second-order valence-electron chi connectivity index (χ2n) is 3.13. The van der Waals surface area contributed by atoms with E-state index < -0.39 is 0 Å². The Balaban J connectivity index is 0.000000253. The molecule has 0 aliphatic rings. The van der Waals surface area contributed by atoms with Crippen molar-refractivity contribution in [2.24, 2.45) is 0 Å². The molecule has 0 amide bonds. The van der Waals surface area contributed by atoms with Gasteiger partial charge in [0.05, 0.1) is 0 Å². The van der Waals surface area contributed by atoms with Crippen molar-refractivity contribution in [3.8, 4) is 0 Å². The van der Waals surface area contributed by atoms with Crippen LogP contribution in [0.15, 0.2) is 48.5 Å². The monoisotopic (exact) mass is 271 g/mol. The molecule has 75 valence electrons. The predicted octanol–water partition coefficient (Wildman–Crippen LogP) is 3.59. The molecule has 0 atom stereocenters. The van der Waals surface area contributed by atoms with Crippen LogP contribution in [-0.2, 0) is 32.7 Å². The topological polar surface area (TPSA) is 0 Å². The molecule has 0 saturated heterocycles. The third-order valence-electron chi connectivity index (χ3n) is 1.73. The van der Waals surface area contributed by atoms with E-state index in [0.717, 1.165) is 0 Å². The average molecular weight is 271 g/mol. The van der Waals surface area contributed by atoms with Gasteiger partial charge in [-0.25, -0.2) is 0 Å². The first-order valence-electron chi connectivity index (χ1n) is 4.65. The van der Waals surface area contributed by atoms with Crippen molar-refractivity contribution in [2.45, 2.75) is 13.8 Å². The summed E-state index contributed by atoms with van der Waals surface area (Å²) in [6.45, 7) is 4.11. The van der Waals surface area contributed by atoms with Gasteiger partial charge in [0, 0.05) is 32.7 Å². The molecular weight excluding hydrogens is 257 g/mol. The summed E-state index contributed by atoms with van der Waals surface area (Å²) in [6, 6.07) is 21.7. The smallest absolute Gasteiger partial charge is 0 e. The van der Waals surface area contributed by atoms with Crippen LogP contribution in [0.2, 0.25) is 0 Å². The van der Waals surface area contributed by atoms with E-state index in [2.05, 4.69) is 31.2 Å². The van der Waals surface area contributed by atoms with Crippen molar-refractivity contribution in [3.05, 3.63) is 71.8 Å². The van der Waals surface area contributed by atoms with Crippen LogP contribution in [0.25, 0.3) is 0 Å². The van der Waals surface area contributed by atoms with Crippen molar-refractivity contribution in [1.82, 2.24) is 0 Å². The zero-order chi connectivity index (χ0) is 10.2. The van der Waals surface area contributed by atoms with Gasteiger partial charge in [0.2, 0.25) is 0 Å². The third-order valence-corrected chi connectivity index (χ3v) is 1.73. The molecule has 0 aliphatic carbocycles. The zero-order valence-corrected chi connectivity index (χ0v) is 12.0.